The van der Waals surface area contributed by atoms with Crippen LogP contribution in [0.4, 0.5) is 19.0 Å². The second-order valence-electron chi connectivity index (χ2n) is 8.85. The van der Waals surface area contributed by atoms with Crippen LogP contribution in [0.2, 0.25) is 0 Å². The predicted octanol–water partition coefficient (Wildman–Crippen LogP) is 4.96. The Hall–Kier alpha value is -4.07. The number of halogens is 3. The topological polar surface area (TPSA) is 132 Å². The number of amides is 2. The Morgan fingerprint density at radius 3 is 2.58 bits per heavy atom. The number of carbonyl (C=O) groups is 2. The average molecular weight is 578 g/mol. The summed E-state index contributed by atoms with van der Waals surface area (Å²) < 4.78 is 40.1. The molecule has 3 heterocycles. The first-order valence-electron chi connectivity index (χ1n) is 12.4. The van der Waals surface area contributed by atoms with Crippen LogP contribution in [0.3, 0.4) is 0 Å². The normalized spacial score (nSPS) is 15.2. The van der Waals surface area contributed by atoms with E-state index in [4.69, 9.17) is 5.21 Å². The number of pyridine rings is 1. The molecule has 0 radical (unpaired) electrons. The number of likely N-dealkylation sites (tertiary alicyclic amines) is 1. The number of nitrogens with one attached hydrogen (secondary N) is 2. The van der Waals surface area contributed by atoms with E-state index in [0.717, 1.165) is 23.6 Å². The number of oxime groups is 1. The first-order chi connectivity index (χ1) is 19.0. The van der Waals surface area contributed by atoms with Crippen molar-refractivity contribution >= 4 is 40.9 Å². The molecule has 1 aliphatic rings. The van der Waals surface area contributed by atoms with Crippen molar-refractivity contribution < 1.29 is 28.0 Å². The van der Waals surface area contributed by atoms with Crippen LogP contribution < -0.4 is 10.6 Å². The molecule has 1 aliphatic heterocycles. The summed E-state index contributed by atoms with van der Waals surface area (Å²) in [4.78, 5) is 40.0. The number of rotatable bonds is 9. The van der Waals surface area contributed by atoms with Crippen molar-refractivity contribution in [3.05, 3.63) is 63.5 Å². The van der Waals surface area contributed by atoms with E-state index in [1.165, 1.54) is 12.4 Å². The van der Waals surface area contributed by atoms with Crippen LogP contribution in [0.25, 0.3) is 0 Å². The molecule has 214 valence electrons. The Bertz CT molecular complexity index is 1340. The number of anilines is 1. The fourth-order valence-electron chi connectivity index (χ4n) is 3.90. The zero-order valence-electron chi connectivity index (χ0n) is 22.2. The van der Waals surface area contributed by atoms with Gasteiger partial charge in [0, 0.05) is 44.0 Å². The molecule has 2 aromatic rings. The number of carbonyl (C=O) groups excluding carboxylic acids is 2. The van der Waals surface area contributed by atoms with E-state index in [0.29, 0.717) is 42.3 Å². The van der Waals surface area contributed by atoms with Gasteiger partial charge in [0.25, 0.3) is 11.8 Å². The molecule has 40 heavy (non-hydrogen) atoms. The number of nitrogens with zero attached hydrogens (tertiary/aromatic N) is 5. The van der Waals surface area contributed by atoms with Crippen LogP contribution >= 0.6 is 11.3 Å². The van der Waals surface area contributed by atoms with Crippen molar-refractivity contribution in [2.75, 3.05) is 18.4 Å². The van der Waals surface area contributed by atoms with Gasteiger partial charge in [0.05, 0.1) is 23.5 Å². The molecule has 2 amide bonds. The van der Waals surface area contributed by atoms with Gasteiger partial charge in [-0.25, -0.2) is 9.97 Å². The van der Waals surface area contributed by atoms with E-state index in [9.17, 15) is 22.8 Å². The molecule has 1 fully saturated rings. The maximum atomic E-state index is 13.4. The van der Waals surface area contributed by atoms with Crippen molar-refractivity contribution in [1.82, 2.24) is 20.2 Å². The lowest BCUT2D eigenvalue weighted by molar-refractivity contribution is -0.138. The van der Waals surface area contributed by atoms with Gasteiger partial charge >= 0.3 is 6.18 Å². The van der Waals surface area contributed by atoms with Gasteiger partial charge in [-0.3, -0.25) is 14.6 Å². The van der Waals surface area contributed by atoms with Crippen LogP contribution in [0, 0.1) is 0 Å². The van der Waals surface area contributed by atoms with Crippen molar-refractivity contribution in [2.24, 2.45) is 10.1 Å². The van der Waals surface area contributed by atoms with Gasteiger partial charge in [-0.1, -0.05) is 18.7 Å². The number of aliphatic imine (C=N–C) groups is 1. The molecular formula is C26H30F3N7O3S. The minimum absolute atomic E-state index is 0.0285. The monoisotopic (exact) mass is 577 g/mol. The maximum Gasteiger partial charge on any atom is 0.416 e. The number of piperidine rings is 1. The third-order valence-corrected chi connectivity index (χ3v) is 7.25. The lowest BCUT2D eigenvalue weighted by Gasteiger charge is -2.29. The average Bonchev–Trinajstić information content (AvgIpc) is 3.43. The second kappa shape index (κ2) is 13.3. The Labute approximate surface area is 233 Å². The van der Waals surface area contributed by atoms with E-state index < -0.39 is 29.6 Å². The first kappa shape index (κ1) is 30.5. The molecule has 2 aromatic heterocycles. The van der Waals surface area contributed by atoms with Gasteiger partial charge in [-0.15, -0.1) is 11.3 Å². The van der Waals surface area contributed by atoms with Crippen LogP contribution in [0.1, 0.15) is 65.5 Å². The molecular weight excluding hydrogens is 547 g/mol. The molecule has 0 aromatic carbocycles. The summed E-state index contributed by atoms with van der Waals surface area (Å²) in [6.45, 7) is 10.2. The molecule has 10 nitrogen and oxygen atoms in total. The summed E-state index contributed by atoms with van der Waals surface area (Å²) in [6.07, 6.45) is 2.16. The van der Waals surface area contributed by atoms with Gasteiger partial charge < -0.3 is 20.7 Å². The van der Waals surface area contributed by atoms with E-state index in [2.05, 4.69) is 37.3 Å². The summed E-state index contributed by atoms with van der Waals surface area (Å²) in [7, 11) is 0. The molecule has 14 heteroatoms. The number of aromatic nitrogens is 2. The lowest BCUT2D eigenvalue weighted by Crippen LogP contribution is -2.33. The number of aryl methyl sites for hydroxylation is 1. The zero-order valence-corrected chi connectivity index (χ0v) is 23.1. The zero-order chi connectivity index (χ0) is 29.4. The van der Waals surface area contributed by atoms with Gasteiger partial charge in [-0.05, 0) is 38.0 Å². The number of thiazole rings is 1. The van der Waals surface area contributed by atoms with E-state index in [1.54, 1.807) is 26.8 Å². The summed E-state index contributed by atoms with van der Waals surface area (Å²) in [5.74, 6) is -1.38. The Morgan fingerprint density at radius 2 is 1.98 bits per heavy atom. The fourth-order valence-corrected chi connectivity index (χ4v) is 4.72. The van der Waals surface area contributed by atoms with Crippen molar-refractivity contribution in [1.29, 1.82) is 0 Å². The summed E-state index contributed by atoms with van der Waals surface area (Å²) in [5, 5.41) is 17.8. The van der Waals surface area contributed by atoms with Crippen molar-refractivity contribution in [3.63, 3.8) is 0 Å². The molecule has 0 bridgehead atoms. The fraction of sp³-hybridized carbons (Fsp3) is 0.385. The number of hydrogen-bond acceptors (Lipinski definition) is 9. The number of hydrogen-bond donors (Lipinski definition) is 3. The molecule has 3 N–H and O–H groups in total. The van der Waals surface area contributed by atoms with Crippen molar-refractivity contribution in [2.45, 2.75) is 52.3 Å². The minimum atomic E-state index is -4.58. The highest BCUT2D eigenvalue weighted by atomic mass is 32.1. The van der Waals surface area contributed by atoms with Gasteiger partial charge in [0.2, 0.25) is 0 Å². The molecule has 0 spiro atoms. The summed E-state index contributed by atoms with van der Waals surface area (Å²) in [6, 6.07) is 0.209. The third-order valence-electron chi connectivity index (χ3n) is 6.07. The Kier molecular flexibility index (Phi) is 10.2. The second-order valence-corrected chi connectivity index (χ2v) is 9.91. The quantitative estimate of drug-likeness (QED) is 0.127. The summed E-state index contributed by atoms with van der Waals surface area (Å²) >= 11 is 0.989. The molecule has 1 saturated heterocycles. The van der Waals surface area contributed by atoms with Crippen molar-refractivity contribution in [3.8, 4) is 0 Å². The third kappa shape index (κ3) is 7.74. The van der Waals surface area contributed by atoms with Gasteiger partial charge in [0.15, 0.2) is 0 Å². The summed E-state index contributed by atoms with van der Waals surface area (Å²) in [5.41, 5.74) is 0.591. The SMILES string of the molecule is C=C(/C=C(\N=C/C)C(=O)N[C@H](C)c1ncc(C(=O)Nc2cc(C(F)(F)F)c(CC)cn2)s1)N1CCC(=NO)CC1. The highest BCUT2D eigenvalue weighted by molar-refractivity contribution is 7.13. The van der Waals surface area contributed by atoms with E-state index in [1.807, 2.05) is 4.90 Å². The Morgan fingerprint density at radius 1 is 1.27 bits per heavy atom. The molecule has 3 rings (SSSR count). The lowest BCUT2D eigenvalue weighted by atomic mass is 10.1. The molecule has 0 aliphatic carbocycles. The standard InChI is InChI=1S/C26H30F3N7O3S/c1-5-17-13-31-22(12-19(17)26(27,28)29)34-24(38)21-14-32-25(40-21)16(4)33-23(37)20(30-6-2)11-15(3)36-9-7-18(35-39)8-10-36/h6,11-14,16,39H,3,5,7-10H2,1-2,4H3,(H,33,37)(H,31,34,38)/b20-11-,30-6-/t16-/m1/s1. The highest BCUT2D eigenvalue weighted by Crippen LogP contribution is 2.33. The Balaban J connectivity index is 1.67. The van der Waals surface area contributed by atoms with Crippen LogP contribution in [0.5, 0.6) is 0 Å². The van der Waals surface area contributed by atoms with E-state index >= 15 is 0 Å². The van der Waals surface area contributed by atoms with Crippen LogP contribution in [-0.2, 0) is 17.4 Å². The predicted molar refractivity (Wildman–Crippen MR) is 147 cm³/mol. The highest BCUT2D eigenvalue weighted by Gasteiger charge is 2.33. The molecule has 1 atom stereocenters. The molecule has 0 saturated carbocycles. The number of allylic oxidation sites excluding steroid dienone is 1. The largest absolute Gasteiger partial charge is 0.416 e. The van der Waals surface area contributed by atoms with Crippen LogP contribution in [-0.4, -0.2) is 56.9 Å². The smallest absolute Gasteiger partial charge is 0.411 e. The van der Waals surface area contributed by atoms with E-state index in [-0.39, 0.29) is 28.4 Å². The van der Waals surface area contributed by atoms with Gasteiger partial charge in [-0.2, -0.15) is 13.2 Å². The number of alkyl halides is 3. The maximum absolute atomic E-state index is 13.4. The van der Waals surface area contributed by atoms with Gasteiger partial charge in [0.1, 0.15) is 21.4 Å². The molecule has 0 unspecified atom stereocenters. The van der Waals surface area contributed by atoms with Crippen LogP contribution in [0.15, 0.2) is 52.7 Å². The first-order valence-corrected chi connectivity index (χ1v) is 13.3. The minimum Gasteiger partial charge on any atom is -0.411 e.